The van der Waals surface area contributed by atoms with Crippen LogP contribution in [0.1, 0.15) is 6.92 Å². The molecule has 2 aliphatic rings. The quantitative estimate of drug-likeness (QED) is 0.643. The molecule has 0 unspecified atom stereocenters. The first kappa shape index (κ1) is 13.0. The van der Waals surface area contributed by atoms with E-state index in [9.17, 15) is 14.3 Å². The van der Waals surface area contributed by atoms with Crippen LogP contribution in [0.4, 0.5) is 9.18 Å². The smallest absolute Gasteiger partial charge is 0.328 e. The highest BCUT2D eigenvalue weighted by Crippen LogP contribution is 2.37. The summed E-state index contributed by atoms with van der Waals surface area (Å²) in [5.41, 5.74) is -1.79. The summed E-state index contributed by atoms with van der Waals surface area (Å²) in [6.07, 6.45) is -1.04. The number of halogens is 1. The number of urea groups is 1. The first-order valence-corrected chi connectivity index (χ1v) is 5.47. The second-order valence-corrected chi connectivity index (χ2v) is 4.48. The molecule has 7 heteroatoms. The van der Waals surface area contributed by atoms with E-state index in [4.69, 9.17) is 9.84 Å². The molecular weight excluding hydrogens is 243 g/mol. The van der Waals surface area contributed by atoms with Gasteiger partial charge in [-0.1, -0.05) is 6.58 Å². The third kappa shape index (κ3) is 1.90. The molecule has 100 valence electrons. The van der Waals surface area contributed by atoms with Crippen molar-refractivity contribution in [1.29, 1.82) is 0 Å². The summed E-state index contributed by atoms with van der Waals surface area (Å²) in [6, 6.07) is -0.595. The molecule has 0 bridgehead atoms. The number of nitrogens with one attached hydrogen (secondary N) is 1. The molecule has 2 heterocycles. The van der Waals surface area contributed by atoms with Crippen LogP contribution < -0.4 is 5.32 Å². The van der Waals surface area contributed by atoms with E-state index in [1.807, 2.05) is 0 Å². The van der Waals surface area contributed by atoms with Gasteiger partial charge in [-0.3, -0.25) is 4.90 Å². The van der Waals surface area contributed by atoms with Gasteiger partial charge < -0.3 is 20.3 Å². The van der Waals surface area contributed by atoms with Gasteiger partial charge in [-0.15, -0.1) is 0 Å². The number of carbonyl (C=O) groups excluding carboxylic acids is 1. The molecule has 0 aromatic heterocycles. The van der Waals surface area contributed by atoms with Crippen LogP contribution in [0.5, 0.6) is 0 Å². The van der Waals surface area contributed by atoms with Gasteiger partial charge in [0, 0.05) is 11.9 Å². The summed E-state index contributed by atoms with van der Waals surface area (Å²) in [5, 5.41) is 21.1. The zero-order valence-corrected chi connectivity index (χ0v) is 9.84. The fraction of sp³-hybridized carbons (Fsp3) is 0.545. The lowest BCUT2D eigenvalue weighted by Crippen LogP contribution is -2.53. The van der Waals surface area contributed by atoms with E-state index >= 15 is 0 Å². The van der Waals surface area contributed by atoms with E-state index in [0.29, 0.717) is 5.70 Å². The molecule has 0 aromatic carbocycles. The van der Waals surface area contributed by atoms with Crippen LogP contribution in [0.3, 0.4) is 0 Å². The molecule has 2 amide bonds. The number of hydrogen-bond donors (Lipinski definition) is 3. The van der Waals surface area contributed by atoms with Crippen LogP contribution in [-0.2, 0) is 4.74 Å². The van der Waals surface area contributed by atoms with Gasteiger partial charge in [0.05, 0.1) is 6.61 Å². The Balaban J connectivity index is 2.26. The highest BCUT2D eigenvalue weighted by atomic mass is 19.1. The molecule has 0 aliphatic carbocycles. The molecule has 1 saturated heterocycles. The van der Waals surface area contributed by atoms with Crippen molar-refractivity contribution in [3.8, 4) is 0 Å². The normalized spacial score (nSPS) is 40.2. The molecule has 18 heavy (non-hydrogen) atoms. The molecule has 0 saturated carbocycles. The minimum absolute atomic E-state index is 0.383. The highest BCUT2D eigenvalue weighted by Gasteiger charge is 2.57. The number of allylic oxidation sites excluding steroid dienone is 1. The van der Waals surface area contributed by atoms with Crippen LogP contribution in [0.2, 0.25) is 0 Å². The first-order valence-electron chi connectivity index (χ1n) is 5.47. The number of nitrogens with zero attached hydrogens (tertiary/aromatic N) is 1. The fourth-order valence-corrected chi connectivity index (χ4v) is 2.03. The topological polar surface area (TPSA) is 82.0 Å². The molecule has 0 radical (unpaired) electrons. The van der Waals surface area contributed by atoms with Crippen LogP contribution in [-0.4, -0.2) is 51.9 Å². The maximum absolute atomic E-state index is 14.4. The Morgan fingerprint density at radius 3 is 2.89 bits per heavy atom. The van der Waals surface area contributed by atoms with Gasteiger partial charge in [-0.25, -0.2) is 9.18 Å². The van der Waals surface area contributed by atoms with E-state index in [1.54, 1.807) is 0 Å². The van der Waals surface area contributed by atoms with Crippen molar-refractivity contribution in [3.05, 3.63) is 24.6 Å². The Morgan fingerprint density at radius 2 is 2.39 bits per heavy atom. The fourth-order valence-electron chi connectivity index (χ4n) is 2.03. The van der Waals surface area contributed by atoms with Gasteiger partial charge >= 0.3 is 6.03 Å². The van der Waals surface area contributed by atoms with Gasteiger partial charge in [-0.2, -0.15) is 0 Å². The lowest BCUT2D eigenvalue weighted by molar-refractivity contribution is -0.0721. The van der Waals surface area contributed by atoms with Crippen LogP contribution >= 0.6 is 0 Å². The third-order valence-corrected chi connectivity index (χ3v) is 3.09. The molecule has 0 spiro atoms. The molecule has 1 fully saturated rings. The lowest BCUT2D eigenvalue weighted by Gasteiger charge is -2.33. The number of rotatable bonds is 2. The standard InChI is InChI=1S/C11H15FN2O4/c1-6-3-4-14(10(17)13-6)9-11(2,12)8(16)7(5-15)18-9/h3-4,7-9,15-16H,1,5H2,2H3,(H,13,17)/t7-,8-,9-,11-/m1/s1. The van der Waals surface area contributed by atoms with Gasteiger partial charge in [-0.05, 0) is 13.0 Å². The van der Waals surface area contributed by atoms with Crippen molar-refractivity contribution in [3.63, 3.8) is 0 Å². The number of ether oxygens (including phenoxy) is 1. The number of alkyl halides is 1. The summed E-state index contributed by atoms with van der Waals surface area (Å²) in [7, 11) is 0. The third-order valence-electron chi connectivity index (χ3n) is 3.09. The Kier molecular flexibility index (Phi) is 3.14. The Bertz CT molecular complexity index is 410. The van der Waals surface area contributed by atoms with Gasteiger partial charge in [0.1, 0.15) is 12.2 Å². The number of aliphatic hydroxyl groups is 2. The van der Waals surface area contributed by atoms with Crippen molar-refractivity contribution in [1.82, 2.24) is 10.2 Å². The van der Waals surface area contributed by atoms with Crippen LogP contribution in [0, 0.1) is 0 Å². The molecule has 2 aliphatic heterocycles. The van der Waals surface area contributed by atoms with Crippen molar-refractivity contribution in [2.75, 3.05) is 6.61 Å². The molecular formula is C11H15FN2O4. The summed E-state index contributed by atoms with van der Waals surface area (Å²) < 4.78 is 19.6. The Hall–Kier alpha value is -1.44. The van der Waals surface area contributed by atoms with Crippen LogP contribution in [0.25, 0.3) is 0 Å². The molecule has 3 N–H and O–H groups in total. The zero-order chi connectivity index (χ0) is 13.5. The maximum Gasteiger partial charge on any atom is 0.328 e. The average molecular weight is 258 g/mol. The summed E-state index contributed by atoms with van der Waals surface area (Å²) in [4.78, 5) is 12.7. The van der Waals surface area contributed by atoms with Gasteiger partial charge in [0.25, 0.3) is 0 Å². The van der Waals surface area contributed by atoms with Crippen molar-refractivity contribution in [2.24, 2.45) is 0 Å². The van der Waals surface area contributed by atoms with Crippen molar-refractivity contribution in [2.45, 2.75) is 31.0 Å². The summed E-state index contributed by atoms with van der Waals surface area (Å²) in [5.74, 6) is 0. The lowest BCUT2D eigenvalue weighted by atomic mass is 9.98. The van der Waals surface area contributed by atoms with E-state index in [0.717, 1.165) is 11.8 Å². The maximum atomic E-state index is 14.4. The Labute approximate surface area is 103 Å². The molecule has 0 aromatic rings. The summed E-state index contributed by atoms with van der Waals surface area (Å²) >= 11 is 0. The molecule has 2 rings (SSSR count). The minimum atomic E-state index is -2.17. The zero-order valence-electron chi connectivity index (χ0n) is 9.84. The van der Waals surface area contributed by atoms with Gasteiger partial charge in [0.15, 0.2) is 11.9 Å². The largest absolute Gasteiger partial charge is 0.394 e. The van der Waals surface area contributed by atoms with Crippen molar-refractivity contribution < 1.29 is 24.1 Å². The minimum Gasteiger partial charge on any atom is -0.394 e. The average Bonchev–Trinajstić information content (AvgIpc) is 2.52. The number of amides is 2. The van der Waals surface area contributed by atoms with Crippen LogP contribution in [0.15, 0.2) is 24.6 Å². The summed E-state index contributed by atoms with van der Waals surface area (Å²) in [6.45, 7) is 4.14. The SMILES string of the molecule is C=C1C=CN([C@@H]2O[C@H](CO)[C@@H](O)[C@@]2(C)F)C(=O)N1. The Morgan fingerprint density at radius 1 is 1.72 bits per heavy atom. The molecule has 6 nitrogen and oxygen atoms in total. The number of aliphatic hydroxyl groups excluding tert-OH is 2. The first-order chi connectivity index (χ1) is 8.37. The van der Waals surface area contributed by atoms with E-state index in [-0.39, 0.29) is 0 Å². The molecule has 4 atom stereocenters. The highest BCUT2D eigenvalue weighted by molar-refractivity contribution is 5.79. The predicted molar refractivity (Wildman–Crippen MR) is 59.9 cm³/mol. The van der Waals surface area contributed by atoms with E-state index < -0.39 is 36.7 Å². The predicted octanol–water partition coefficient (Wildman–Crippen LogP) is -0.155. The van der Waals surface area contributed by atoms with Gasteiger partial charge in [0.2, 0.25) is 0 Å². The van der Waals surface area contributed by atoms with E-state index in [2.05, 4.69) is 11.9 Å². The monoisotopic (exact) mass is 258 g/mol. The number of carbonyl (C=O) groups is 1. The number of hydrogen-bond acceptors (Lipinski definition) is 4. The van der Waals surface area contributed by atoms with Crippen molar-refractivity contribution >= 4 is 6.03 Å². The van der Waals surface area contributed by atoms with E-state index in [1.165, 1.54) is 12.3 Å². The second-order valence-electron chi connectivity index (χ2n) is 4.48. The second kappa shape index (κ2) is 4.34.